The van der Waals surface area contributed by atoms with Crippen LogP contribution in [0.5, 0.6) is 11.5 Å². The molecule has 0 radical (unpaired) electrons. The number of nitrogens with zero attached hydrogens (tertiary/aromatic N) is 1. The van der Waals surface area contributed by atoms with Gasteiger partial charge in [0.15, 0.2) is 0 Å². The van der Waals surface area contributed by atoms with Gasteiger partial charge in [0.25, 0.3) is 5.69 Å². The van der Waals surface area contributed by atoms with Gasteiger partial charge in [0.2, 0.25) is 0 Å². The van der Waals surface area contributed by atoms with Crippen molar-refractivity contribution in [2.45, 2.75) is 6.92 Å². The van der Waals surface area contributed by atoms with E-state index >= 15 is 0 Å². The number of rotatable bonds is 5. The number of allylic oxidation sites excluding steroid dienone is 1. The Kier molecular flexibility index (Phi) is 4.56. The number of nitrogens with one attached hydrogen (secondary N) is 1. The number of ether oxygens (including phenoxy) is 1. The van der Waals surface area contributed by atoms with Crippen molar-refractivity contribution in [3.05, 3.63) is 64.2 Å². The summed E-state index contributed by atoms with van der Waals surface area (Å²) >= 11 is 0. The Morgan fingerprint density at radius 3 is 2.67 bits per heavy atom. The average molecular weight is 284 g/mol. The van der Waals surface area contributed by atoms with Crippen molar-refractivity contribution in [2.75, 3.05) is 12.4 Å². The van der Waals surface area contributed by atoms with Crippen molar-refractivity contribution in [3.8, 4) is 11.5 Å². The highest BCUT2D eigenvalue weighted by atomic mass is 16.6. The van der Waals surface area contributed by atoms with E-state index in [1.165, 1.54) is 12.1 Å². The molecule has 2 aromatic rings. The van der Waals surface area contributed by atoms with E-state index in [-0.39, 0.29) is 5.69 Å². The Bertz CT molecular complexity index is 681. The lowest BCUT2D eigenvalue weighted by molar-refractivity contribution is -0.384. The molecule has 0 atom stereocenters. The molecule has 5 heteroatoms. The van der Waals surface area contributed by atoms with E-state index in [1.54, 1.807) is 13.1 Å². The van der Waals surface area contributed by atoms with Gasteiger partial charge in [-0.1, -0.05) is 30.4 Å². The molecule has 2 aromatic carbocycles. The van der Waals surface area contributed by atoms with Crippen LogP contribution in [0.4, 0.5) is 11.4 Å². The number of hydrogen-bond acceptors (Lipinski definition) is 4. The molecule has 0 amide bonds. The van der Waals surface area contributed by atoms with Crippen LogP contribution in [0.2, 0.25) is 0 Å². The molecule has 0 fully saturated rings. The molecular weight excluding hydrogens is 268 g/mol. The largest absolute Gasteiger partial charge is 0.456 e. The Morgan fingerprint density at radius 2 is 2.00 bits per heavy atom. The summed E-state index contributed by atoms with van der Waals surface area (Å²) in [5.41, 5.74) is 1.53. The maximum Gasteiger partial charge on any atom is 0.275 e. The Labute approximate surface area is 123 Å². The quantitative estimate of drug-likeness (QED) is 0.650. The number of nitro groups is 1. The molecule has 21 heavy (non-hydrogen) atoms. The smallest absolute Gasteiger partial charge is 0.275 e. The second kappa shape index (κ2) is 6.56. The van der Waals surface area contributed by atoms with Gasteiger partial charge in [0.1, 0.15) is 11.5 Å². The summed E-state index contributed by atoms with van der Waals surface area (Å²) in [6, 6.07) is 12.1. The van der Waals surface area contributed by atoms with Crippen LogP contribution in [0, 0.1) is 10.1 Å². The summed E-state index contributed by atoms with van der Waals surface area (Å²) in [5.74, 6) is 1.07. The lowest BCUT2D eigenvalue weighted by Gasteiger charge is -2.10. The zero-order valence-electron chi connectivity index (χ0n) is 11.9. The Hall–Kier alpha value is -2.82. The van der Waals surface area contributed by atoms with Crippen LogP contribution in [0.3, 0.4) is 0 Å². The molecule has 0 aliphatic carbocycles. The molecule has 0 heterocycles. The van der Waals surface area contributed by atoms with E-state index in [1.807, 2.05) is 43.3 Å². The van der Waals surface area contributed by atoms with Gasteiger partial charge in [-0.3, -0.25) is 10.1 Å². The maximum atomic E-state index is 11.0. The van der Waals surface area contributed by atoms with E-state index in [2.05, 4.69) is 5.32 Å². The van der Waals surface area contributed by atoms with Crippen molar-refractivity contribution in [1.82, 2.24) is 0 Å². The molecule has 0 unspecified atom stereocenters. The minimum Gasteiger partial charge on any atom is -0.456 e. The second-order valence-electron chi connectivity index (χ2n) is 4.36. The minimum absolute atomic E-state index is 0.0136. The third-order valence-corrected chi connectivity index (χ3v) is 2.88. The number of anilines is 1. The first-order valence-corrected chi connectivity index (χ1v) is 6.51. The van der Waals surface area contributed by atoms with Crippen LogP contribution in [0.15, 0.2) is 48.5 Å². The first kappa shape index (κ1) is 14.6. The maximum absolute atomic E-state index is 11.0. The molecule has 0 aliphatic heterocycles. The molecule has 108 valence electrons. The standard InChI is InChI=1S/C16H16N2O3/c1-3-6-12-7-4-5-8-16(12)21-15-10-13(17-2)9-14(11-15)18(19)20/h3-11,17H,1-2H3/b6-3+. The van der Waals surface area contributed by atoms with Crippen LogP contribution in [-0.4, -0.2) is 12.0 Å². The molecular formula is C16H16N2O3. The lowest BCUT2D eigenvalue weighted by Crippen LogP contribution is -1.95. The van der Waals surface area contributed by atoms with Gasteiger partial charge in [0, 0.05) is 30.4 Å². The van der Waals surface area contributed by atoms with Gasteiger partial charge in [0.05, 0.1) is 11.0 Å². The zero-order valence-corrected chi connectivity index (χ0v) is 11.9. The second-order valence-corrected chi connectivity index (χ2v) is 4.36. The van der Waals surface area contributed by atoms with Crippen LogP contribution in [0.25, 0.3) is 6.08 Å². The topological polar surface area (TPSA) is 64.4 Å². The van der Waals surface area contributed by atoms with Crippen LogP contribution < -0.4 is 10.1 Å². The monoisotopic (exact) mass is 284 g/mol. The molecule has 0 spiro atoms. The fraction of sp³-hybridized carbons (Fsp3) is 0.125. The average Bonchev–Trinajstić information content (AvgIpc) is 2.49. The summed E-state index contributed by atoms with van der Waals surface area (Å²) < 4.78 is 5.80. The summed E-state index contributed by atoms with van der Waals surface area (Å²) in [7, 11) is 1.70. The van der Waals surface area contributed by atoms with E-state index in [9.17, 15) is 10.1 Å². The van der Waals surface area contributed by atoms with Crippen molar-refractivity contribution < 1.29 is 9.66 Å². The van der Waals surface area contributed by atoms with Crippen molar-refractivity contribution in [1.29, 1.82) is 0 Å². The first-order chi connectivity index (χ1) is 10.1. The third kappa shape index (κ3) is 3.60. The predicted octanol–water partition coefficient (Wildman–Crippen LogP) is 4.46. The molecule has 2 rings (SSSR count). The van der Waals surface area contributed by atoms with Crippen molar-refractivity contribution in [3.63, 3.8) is 0 Å². The highest BCUT2D eigenvalue weighted by Crippen LogP contribution is 2.31. The number of hydrogen-bond donors (Lipinski definition) is 1. The molecule has 0 bridgehead atoms. The Morgan fingerprint density at radius 1 is 1.24 bits per heavy atom. The van der Waals surface area contributed by atoms with Gasteiger partial charge in [-0.05, 0) is 13.0 Å². The lowest BCUT2D eigenvalue weighted by atomic mass is 10.2. The normalized spacial score (nSPS) is 10.6. The molecule has 0 aliphatic rings. The summed E-state index contributed by atoms with van der Waals surface area (Å²) in [6.07, 6.45) is 3.83. The highest BCUT2D eigenvalue weighted by Gasteiger charge is 2.11. The molecule has 1 N–H and O–H groups in total. The van der Waals surface area contributed by atoms with Gasteiger partial charge in [-0.2, -0.15) is 0 Å². The SMILES string of the molecule is C/C=C/c1ccccc1Oc1cc(NC)cc([N+](=O)[O-])c1. The third-order valence-electron chi connectivity index (χ3n) is 2.88. The van der Waals surface area contributed by atoms with Crippen LogP contribution in [-0.2, 0) is 0 Å². The van der Waals surface area contributed by atoms with E-state index in [0.717, 1.165) is 5.56 Å². The van der Waals surface area contributed by atoms with Crippen molar-refractivity contribution in [2.24, 2.45) is 0 Å². The van der Waals surface area contributed by atoms with E-state index in [0.29, 0.717) is 17.2 Å². The molecule has 0 aromatic heterocycles. The van der Waals surface area contributed by atoms with Crippen LogP contribution >= 0.6 is 0 Å². The Balaban J connectivity index is 2.39. The van der Waals surface area contributed by atoms with Gasteiger partial charge < -0.3 is 10.1 Å². The van der Waals surface area contributed by atoms with E-state index in [4.69, 9.17) is 4.74 Å². The van der Waals surface area contributed by atoms with Crippen LogP contribution in [0.1, 0.15) is 12.5 Å². The molecule has 0 saturated carbocycles. The van der Waals surface area contributed by atoms with Gasteiger partial charge in [-0.25, -0.2) is 0 Å². The highest BCUT2D eigenvalue weighted by molar-refractivity contribution is 5.60. The molecule has 5 nitrogen and oxygen atoms in total. The molecule has 0 saturated heterocycles. The first-order valence-electron chi connectivity index (χ1n) is 6.51. The van der Waals surface area contributed by atoms with Crippen molar-refractivity contribution >= 4 is 17.5 Å². The minimum atomic E-state index is -0.439. The zero-order chi connectivity index (χ0) is 15.2. The fourth-order valence-electron chi connectivity index (χ4n) is 1.91. The predicted molar refractivity (Wildman–Crippen MR) is 83.9 cm³/mol. The van der Waals surface area contributed by atoms with Gasteiger partial charge in [-0.15, -0.1) is 0 Å². The summed E-state index contributed by atoms with van der Waals surface area (Å²) in [6.45, 7) is 1.92. The number of non-ortho nitro benzene ring substituents is 1. The summed E-state index contributed by atoms with van der Waals surface area (Å²) in [4.78, 5) is 10.5. The van der Waals surface area contributed by atoms with E-state index < -0.39 is 4.92 Å². The number of nitro benzene ring substituents is 1. The number of para-hydroxylation sites is 1. The van der Waals surface area contributed by atoms with Gasteiger partial charge >= 0.3 is 0 Å². The fourth-order valence-corrected chi connectivity index (χ4v) is 1.91. The number of benzene rings is 2. The summed E-state index contributed by atoms with van der Waals surface area (Å²) in [5, 5.41) is 13.8.